The SMILES string of the molecule is Cc1ccc(C2=NN(C(=O)c3ccco3)C(c3ccc(Br)cc3)C2)o1. The van der Waals surface area contributed by atoms with Crippen LogP contribution in [0.3, 0.4) is 0 Å². The molecule has 1 aliphatic rings. The second kappa shape index (κ2) is 6.37. The van der Waals surface area contributed by atoms with Crippen LogP contribution >= 0.6 is 15.9 Å². The van der Waals surface area contributed by atoms with Gasteiger partial charge in [0.2, 0.25) is 0 Å². The van der Waals surface area contributed by atoms with Crippen LogP contribution < -0.4 is 0 Å². The van der Waals surface area contributed by atoms with Gasteiger partial charge in [-0.3, -0.25) is 4.79 Å². The van der Waals surface area contributed by atoms with Crippen LogP contribution in [0.4, 0.5) is 0 Å². The van der Waals surface area contributed by atoms with Gasteiger partial charge in [0, 0.05) is 10.9 Å². The molecule has 0 saturated carbocycles. The summed E-state index contributed by atoms with van der Waals surface area (Å²) in [4.78, 5) is 12.8. The summed E-state index contributed by atoms with van der Waals surface area (Å²) in [7, 11) is 0. The first-order valence-electron chi connectivity index (χ1n) is 7.88. The molecule has 0 N–H and O–H groups in total. The van der Waals surface area contributed by atoms with Crippen molar-refractivity contribution in [2.24, 2.45) is 5.10 Å². The van der Waals surface area contributed by atoms with E-state index in [0.717, 1.165) is 21.5 Å². The molecule has 0 radical (unpaired) electrons. The Balaban J connectivity index is 1.72. The van der Waals surface area contributed by atoms with Crippen LogP contribution in [0.25, 0.3) is 0 Å². The first-order valence-corrected chi connectivity index (χ1v) is 8.68. The van der Waals surface area contributed by atoms with Gasteiger partial charge in [0.25, 0.3) is 0 Å². The van der Waals surface area contributed by atoms with Crippen molar-refractivity contribution >= 4 is 27.5 Å². The van der Waals surface area contributed by atoms with E-state index in [4.69, 9.17) is 8.83 Å². The van der Waals surface area contributed by atoms with Gasteiger partial charge in [0.15, 0.2) is 5.76 Å². The summed E-state index contributed by atoms with van der Waals surface area (Å²) in [5, 5.41) is 6.02. The van der Waals surface area contributed by atoms with Crippen molar-refractivity contribution in [2.45, 2.75) is 19.4 Å². The summed E-state index contributed by atoms with van der Waals surface area (Å²) < 4.78 is 11.9. The molecule has 1 aliphatic heterocycles. The van der Waals surface area contributed by atoms with Gasteiger partial charge in [-0.2, -0.15) is 5.10 Å². The van der Waals surface area contributed by atoms with Crippen LogP contribution in [0.1, 0.15) is 40.1 Å². The fourth-order valence-corrected chi connectivity index (χ4v) is 3.16. The molecule has 1 atom stereocenters. The van der Waals surface area contributed by atoms with Gasteiger partial charge in [0.05, 0.1) is 12.3 Å². The first-order chi connectivity index (χ1) is 12.1. The van der Waals surface area contributed by atoms with E-state index in [9.17, 15) is 4.79 Å². The first kappa shape index (κ1) is 15.9. The Kier molecular flexibility index (Phi) is 4.05. The molecule has 2 aromatic heterocycles. The van der Waals surface area contributed by atoms with Gasteiger partial charge < -0.3 is 8.83 Å². The van der Waals surface area contributed by atoms with Crippen molar-refractivity contribution in [3.8, 4) is 0 Å². The Morgan fingerprint density at radius 1 is 1.20 bits per heavy atom. The van der Waals surface area contributed by atoms with Crippen molar-refractivity contribution in [1.29, 1.82) is 0 Å². The number of benzene rings is 1. The van der Waals surface area contributed by atoms with E-state index >= 15 is 0 Å². The molecule has 0 spiro atoms. The van der Waals surface area contributed by atoms with Crippen LogP contribution in [-0.4, -0.2) is 16.6 Å². The number of hydrogen-bond acceptors (Lipinski definition) is 4. The number of rotatable bonds is 3. The van der Waals surface area contributed by atoms with Crippen LogP contribution in [0.2, 0.25) is 0 Å². The standard InChI is InChI=1S/C19H15BrN2O3/c1-12-4-9-17(25-12)15-11-16(13-5-7-14(20)8-6-13)22(21-15)19(23)18-3-2-10-24-18/h2-10,16H,11H2,1H3. The highest BCUT2D eigenvalue weighted by molar-refractivity contribution is 9.10. The maximum Gasteiger partial charge on any atom is 0.310 e. The summed E-state index contributed by atoms with van der Waals surface area (Å²) in [6, 6.07) is 14.8. The Hall–Kier alpha value is -2.60. The molecule has 0 bridgehead atoms. The molecular formula is C19H15BrN2O3. The Morgan fingerprint density at radius 3 is 2.64 bits per heavy atom. The normalized spacial score (nSPS) is 17.0. The summed E-state index contributed by atoms with van der Waals surface area (Å²) in [6.45, 7) is 1.89. The smallest absolute Gasteiger partial charge is 0.310 e. The van der Waals surface area contributed by atoms with E-state index in [1.165, 1.54) is 11.3 Å². The predicted octanol–water partition coefficient (Wildman–Crippen LogP) is 4.94. The van der Waals surface area contributed by atoms with Gasteiger partial charge in [0.1, 0.15) is 17.2 Å². The summed E-state index contributed by atoms with van der Waals surface area (Å²) in [6.07, 6.45) is 2.07. The average molecular weight is 399 g/mol. The molecule has 4 rings (SSSR count). The number of carbonyl (C=O) groups is 1. The minimum atomic E-state index is -0.267. The minimum Gasteiger partial charge on any atom is -0.460 e. The van der Waals surface area contributed by atoms with Crippen molar-refractivity contribution < 1.29 is 13.6 Å². The molecule has 0 aliphatic carbocycles. The summed E-state index contributed by atoms with van der Waals surface area (Å²) >= 11 is 3.44. The van der Waals surface area contributed by atoms with E-state index in [0.29, 0.717) is 12.2 Å². The van der Waals surface area contributed by atoms with Gasteiger partial charge >= 0.3 is 5.91 Å². The van der Waals surface area contributed by atoms with Crippen molar-refractivity contribution in [2.75, 3.05) is 0 Å². The summed E-state index contributed by atoms with van der Waals surface area (Å²) in [5.41, 5.74) is 1.76. The number of halogens is 1. The fourth-order valence-electron chi connectivity index (χ4n) is 2.89. The van der Waals surface area contributed by atoms with E-state index < -0.39 is 0 Å². The highest BCUT2D eigenvalue weighted by Gasteiger charge is 2.35. The Labute approximate surface area is 153 Å². The van der Waals surface area contributed by atoms with Crippen molar-refractivity contribution in [1.82, 2.24) is 5.01 Å². The van der Waals surface area contributed by atoms with Crippen LogP contribution in [0, 0.1) is 6.92 Å². The zero-order chi connectivity index (χ0) is 17.4. The third kappa shape index (κ3) is 3.05. The Bertz CT molecular complexity index is 926. The number of furan rings is 2. The molecule has 1 unspecified atom stereocenters. The second-order valence-corrected chi connectivity index (χ2v) is 6.77. The number of amides is 1. The molecule has 3 aromatic rings. The van der Waals surface area contributed by atoms with Crippen LogP contribution in [-0.2, 0) is 0 Å². The van der Waals surface area contributed by atoms with E-state index in [1.807, 2.05) is 43.3 Å². The lowest BCUT2D eigenvalue weighted by Crippen LogP contribution is -2.26. The zero-order valence-electron chi connectivity index (χ0n) is 13.5. The van der Waals surface area contributed by atoms with Crippen LogP contribution in [0.15, 0.2) is 73.2 Å². The molecule has 5 nitrogen and oxygen atoms in total. The lowest BCUT2D eigenvalue weighted by Gasteiger charge is -2.21. The highest BCUT2D eigenvalue weighted by Crippen LogP contribution is 2.34. The maximum atomic E-state index is 12.8. The van der Waals surface area contributed by atoms with Crippen LogP contribution in [0.5, 0.6) is 0 Å². The lowest BCUT2D eigenvalue weighted by atomic mass is 10.0. The number of nitrogens with zero attached hydrogens (tertiary/aromatic N) is 2. The topological polar surface area (TPSA) is 59.0 Å². The fraction of sp³-hybridized carbons (Fsp3) is 0.158. The number of aryl methyl sites for hydroxylation is 1. The molecule has 0 fully saturated rings. The minimum absolute atomic E-state index is 0.203. The molecule has 1 aromatic carbocycles. The molecule has 0 saturated heterocycles. The van der Waals surface area contributed by atoms with Gasteiger partial charge in [-0.25, -0.2) is 5.01 Å². The van der Waals surface area contributed by atoms with Crippen molar-refractivity contribution in [3.63, 3.8) is 0 Å². The van der Waals surface area contributed by atoms with Gasteiger partial charge in [-0.15, -0.1) is 0 Å². The largest absolute Gasteiger partial charge is 0.460 e. The lowest BCUT2D eigenvalue weighted by molar-refractivity contribution is 0.0678. The van der Waals surface area contributed by atoms with E-state index in [-0.39, 0.29) is 17.7 Å². The molecule has 1 amide bonds. The van der Waals surface area contributed by atoms with E-state index in [1.54, 1.807) is 12.1 Å². The third-order valence-electron chi connectivity index (χ3n) is 4.13. The van der Waals surface area contributed by atoms with Crippen molar-refractivity contribution in [3.05, 3.63) is 82.1 Å². The average Bonchev–Trinajstić information content (AvgIpc) is 3.35. The molecule has 6 heteroatoms. The number of carbonyl (C=O) groups excluding carboxylic acids is 1. The molecule has 3 heterocycles. The maximum absolute atomic E-state index is 12.8. The monoisotopic (exact) mass is 398 g/mol. The third-order valence-corrected chi connectivity index (χ3v) is 4.66. The Morgan fingerprint density at radius 2 is 2.00 bits per heavy atom. The summed E-state index contributed by atoms with van der Waals surface area (Å²) in [5.74, 6) is 1.50. The predicted molar refractivity (Wildman–Crippen MR) is 96.4 cm³/mol. The molecular weight excluding hydrogens is 384 g/mol. The quantitative estimate of drug-likeness (QED) is 0.627. The van der Waals surface area contributed by atoms with Gasteiger partial charge in [-0.1, -0.05) is 28.1 Å². The second-order valence-electron chi connectivity index (χ2n) is 5.86. The number of hydrogen-bond donors (Lipinski definition) is 0. The molecule has 25 heavy (non-hydrogen) atoms. The number of hydrazone groups is 1. The zero-order valence-corrected chi connectivity index (χ0v) is 15.1. The van der Waals surface area contributed by atoms with Gasteiger partial charge in [-0.05, 0) is 48.9 Å². The highest BCUT2D eigenvalue weighted by atomic mass is 79.9. The van der Waals surface area contributed by atoms with E-state index in [2.05, 4.69) is 21.0 Å². The molecule has 126 valence electrons.